The molecule has 2 aromatic rings. The van der Waals surface area contributed by atoms with Crippen molar-refractivity contribution >= 4 is 28.9 Å². The predicted octanol–water partition coefficient (Wildman–Crippen LogP) is 5.68. The van der Waals surface area contributed by atoms with Crippen LogP contribution >= 0.6 is 23.2 Å². The largest absolute Gasteiger partial charge is 0.493 e. The van der Waals surface area contributed by atoms with E-state index >= 15 is 0 Å². The second-order valence-corrected chi connectivity index (χ2v) is 7.73. The quantitative estimate of drug-likeness (QED) is 0.623. The van der Waals surface area contributed by atoms with Gasteiger partial charge in [0.15, 0.2) is 17.7 Å². The van der Waals surface area contributed by atoms with Crippen molar-refractivity contribution in [3.05, 3.63) is 51.5 Å². The van der Waals surface area contributed by atoms with Gasteiger partial charge in [0, 0.05) is 29.0 Å². The highest BCUT2D eigenvalue weighted by atomic mass is 35.5. The van der Waals surface area contributed by atoms with Crippen LogP contribution in [0.4, 0.5) is 0 Å². The van der Waals surface area contributed by atoms with Crippen LogP contribution in [-0.4, -0.2) is 31.2 Å². The van der Waals surface area contributed by atoms with Crippen LogP contribution in [0.5, 0.6) is 17.2 Å². The number of halogens is 2. The molecule has 0 saturated heterocycles. The molecule has 2 heterocycles. The standard InChI is InChI=1S/C21H22Cl2N2O3/c1-4-5-20-25-17(14-9-13(22)10-15(23)21(14)28-20)11-16(24-25)12-6-7-18(26-2)19(8-12)27-3/h6-10,17,20H,4-5,11H2,1-3H3/t17-,20-/m0/s1. The second kappa shape index (κ2) is 7.72. The number of nitrogens with zero attached hydrogens (tertiary/aromatic N) is 2. The number of benzene rings is 2. The fourth-order valence-electron chi connectivity index (χ4n) is 3.82. The van der Waals surface area contributed by atoms with Crippen molar-refractivity contribution in [2.45, 2.75) is 38.5 Å². The topological polar surface area (TPSA) is 43.3 Å². The van der Waals surface area contributed by atoms with Crippen LogP contribution in [0.25, 0.3) is 0 Å². The Morgan fingerprint density at radius 2 is 1.93 bits per heavy atom. The first-order chi connectivity index (χ1) is 13.5. The molecule has 4 rings (SSSR count). The van der Waals surface area contributed by atoms with Crippen LogP contribution in [0, 0.1) is 0 Å². The van der Waals surface area contributed by atoms with Gasteiger partial charge in [0.25, 0.3) is 0 Å². The van der Waals surface area contributed by atoms with Crippen LogP contribution in [0.15, 0.2) is 35.4 Å². The summed E-state index contributed by atoms with van der Waals surface area (Å²) in [5.74, 6) is 2.09. The maximum atomic E-state index is 6.43. The first-order valence-electron chi connectivity index (χ1n) is 9.29. The molecule has 2 aromatic carbocycles. The number of hydrazone groups is 1. The first-order valence-corrected chi connectivity index (χ1v) is 10.0. The van der Waals surface area contributed by atoms with Crippen molar-refractivity contribution in [3.8, 4) is 17.2 Å². The number of ether oxygens (including phenoxy) is 3. The zero-order chi connectivity index (χ0) is 19.8. The molecule has 0 aliphatic carbocycles. The van der Waals surface area contributed by atoms with E-state index in [4.69, 9.17) is 42.5 Å². The Morgan fingerprint density at radius 3 is 2.64 bits per heavy atom. The Labute approximate surface area is 174 Å². The molecule has 0 spiro atoms. The third-order valence-corrected chi connectivity index (χ3v) is 5.64. The fraction of sp³-hybridized carbons (Fsp3) is 0.381. The van der Waals surface area contributed by atoms with Crippen molar-refractivity contribution in [2.24, 2.45) is 5.10 Å². The molecule has 28 heavy (non-hydrogen) atoms. The van der Waals surface area contributed by atoms with Gasteiger partial charge < -0.3 is 14.2 Å². The average Bonchev–Trinajstić information content (AvgIpc) is 3.14. The Kier molecular flexibility index (Phi) is 5.30. The lowest BCUT2D eigenvalue weighted by molar-refractivity contribution is -0.0222. The van der Waals surface area contributed by atoms with E-state index in [0.29, 0.717) is 21.5 Å². The molecule has 0 aromatic heterocycles. The van der Waals surface area contributed by atoms with E-state index in [-0.39, 0.29) is 12.3 Å². The van der Waals surface area contributed by atoms with Gasteiger partial charge in [0.1, 0.15) is 5.75 Å². The lowest BCUT2D eigenvalue weighted by atomic mass is 9.96. The van der Waals surface area contributed by atoms with Crippen LogP contribution in [0.1, 0.15) is 43.4 Å². The summed E-state index contributed by atoms with van der Waals surface area (Å²) in [7, 11) is 3.26. The lowest BCUT2D eigenvalue weighted by Crippen LogP contribution is -2.40. The van der Waals surface area contributed by atoms with Gasteiger partial charge >= 0.3 is 0 Å². The molecule has 7 heteroatoms. The fourth-order valence-corrected chi connectivity index (χ4v) is 4.37. The SMILES string of the molecule is CCC[C@@H]1Oc2c(Cl)cc(Cl)cc2[C@@H]2CC(c3ccc(OC)c(OC)c3)=NN12. The van der Waals surface area contributed by atoms with E-state index in [1.165, 1.54) is 0 Å². The van der Waals surface area contributed by atoms with E-state index < -0.39 is 0 Å². The average molecular weight is 421 g/mol. The van der Waals surface area contributed by atoms with Gasteiger partial charge in [-0.1, -0.05) is 36.5 Å². The summed E-state index contributed by atoms with van der Waals surface area (Å²) in [5.41, 5.74) is 2.95. The van der Waals surface area contributed by atoms with E-state index in [1.807, 2.05) is 29.3 Å². The third kappa shape index (κ3) is 3.27. The molecule has 0 N–H and O–H groups in total. The second-order valence-electron chi connectivity index (χ2n) is 6.88. The maximum absolute atomic E-state index is 6.43. The van der Waals surface area contributed by atoms with Crippen LogP contribution in [0.2, 0.25) is 10.0 Å². The van der Waals surface area contributed by atoms with Crippen molar-refractivity contribution in [2.75, 3.05) is 14.2 Å². The molecule has 0 unspecified atom stereocenters. The highest BCUT2D eigenvalue weighted by Gasteiger charge is 2.41. The number of rotatable bonds is 5. The Morgan fingerprint density at radius 1 is 1.14 bits per heavy atom. The van der Waals surface area contributed by atoms with Crippen molar-refractivity contribution in [1.29, 1.82) is 0 Å². The monoisotopic (exact) mass is 420 g/mol. The van der Waals surface area contributed by atoms with Crippen molar-refractivity contribution < 1.29 is 14.2 Å². The third-order valence-electron chi connectivity index (χ3n) is 5.14. The summed E-state index contributed by atoms with van der Waals surface area (Å²) in [5, 5.41) is 8.10. The molecule has 148 valence electrons. The lowest BCUT2D eigenvalue weighted by Gasteiger charge is -2.38. The van der Waals surface area contributed by atoms with Gasteiger partial charge in [-0.25, -0.2) is 0 Å². The normalized spacial score (nSPS) is 20.2. The van der Waals surface area contributed by atoms with Crippen LogP contribution in [-0.2, 0) is 0 Å². The highest BCUT2D eigenvalue weighted by Crippen LogP contribution is 2.48. The molecule has 2 aliphatic heterocycles. The van der Waals surface area contributed by atoms with E-state index in [9.17, 15) is 0 Å². The van der Waals surface area contributed by atoms with Gasteiger partial charge in [0.2, 0.25) is 0 Å². The summed E-state index contributed by atoms with van der Waals surface area (Å²) in [4.78, 5) is 0. The molecular formula is C21H22Cl2N2O3. The minimum absolute atomic E-state index is 0.0413. The number of methoxy groups -OCH3 is 2. The number of hydrogen-bond donors (Lipinski definition) is 0. The minimum Gasteiger partial charge on any atom is -0.493 e. The van der Waals surface area contributed by atoms with Crippen molar-refractivity contribution in [1.82, 2.24) is 5.01 Å². The highest BCUT2D eigenvalue weighted by molar-refractivity contribution is 6.35. The van der Waals surface area contributed by atoms with Crippen LogP contribution < -0.4 is 14.2 Å². The summed E-state index contributed by atoms with van der Waals surface area (Å²) >= 11 is 12.7. The van der Waals surface area contributed by atoms with Gasteiger partial charge in [0.05, 0.1) is 31.0 Å². The van der Waals surface area contributed by atoms with Gasteiger partial charge in [-0.05, 0) is 30.3 Å². The van der Waals surface area contributed by atoms with Gasteiger partial charge in [-0.15, -0.1) is 0 Å². The Hall–Kier alpha value is -2.11. The van der Waals surface area contributed by atoms with Gasteiger partial charge in [-0.2, -0.15) is 5.10 Å². The predicted molar refractivity (Wildman–Crippen MR) is 111 cm³/mol. The summed E-state index contributed by atoms with van der Waals surface area (Å²) < 4.78 is 17.0. The van der Waals surface area contributed by atoms with E-state index in [0.717, 1.165) is 41.9 Å². The molecule has 2 aliphatic rings. The molecule has 0 saturated carbocycles. The Bertz CT molecular complexity index is 932. The van der Waals surface area contributed by atoms with Crippen LogP contribution in [0.3, 0.4) is 0 Å². The summed E-state index contributed by atoms with van der Waals surface area (Å²) in [6, 6.07) is 9.55. The van der Waals surface area contributed by atoms with Gasteiger partial charge in [-0.3, -0.25) is 5.01 Å². The molecule has 5 nitrogen and oxygen atoms in total. The zero-order valence-electron chi connectivity index (χ0n) is 16.0. The molecule has 0 fully saturated rings. The molecule has 0 amide bonds. The smallest absolute Gasteiger partial charge is 0.187 e. The number of hydrogen-bond acceptors (Lipinski definition) is 5. The summed E-state index contributed by atoms with van der Waals surface area (Å²) in [6.07, 6.45) is 2.43. The zero-order valence-corrected chi connectivity index (χ0v) is 17.5. The molecule has 0 bridgehead atoms. The molecule has 0 radical (unpaired) electrons. The summed E-state index contributed by atoms with van der Waals surface area (Å²) in [6.45, 7) is 2.13. The number of fused-ring (bicyclic) bond motifs is 3. The Balaban J connectivity index is 1.74. The van der Waals surface area contributed by atoms with E-state index in [1.54, 1.807) is 20.3 Å². The van der Waals surface area contributed by atoms with E-state index in [2.05, 4.69) is 6.92 Å². The molecular weight excluding hydrogens is 399 g/mol. The molecule has 2 atom stereocenters. The minimum atomic E-state index is -0.154. The van der Waals surface area contributed by atoms with Crippen molar-refractivity contribution in [3.63, 3.8) is 0 Å². The maximum Gasteiger partial charge on any atom is 0.187 e. The first kappa shape index (κ1) is 19.2.